The average Bonchev–Trinajstić information content (AvgIpc) is 3.36. The van der Waals surface area contributed by atoms with Crippen molar-refractivity contribution in [1.82, 2.24) is 0 Å². The zero-order valence-electron chi connectivity index (χ0n) is 27.5. The molecule has 236 valence electrons. The summed E-state index contributed by atoms with van der Waals surface area (Å²) in [6, 6.07) is 17.0. The lowest BCUT2D eigenvalue weighted by Gasteiger charge is -2.55. The second-order valence-electron chi connectivity index (χ2n) is 15.3. The van der Waals surface area contributed by atoms with Crippen LogP contribution in [0, 0.1) is 40.4 Å². The molecule has 0 radical (unpaired) electrons. The highest BCUT2D eigenvalue weighted by atomic mass is 16.7. The first-order valence-corrected chi connectivity index (χ1v) is 17.0. The van der Waals surface area contributed by atoms with E-state index in [2.05, 4.69) is 69.2 Å². The molecule has 0 amide bonds. The quantitative estimate of drug-likeness (QED) is 0.165. The summed E-state index contributed by atoms with van der Waals surface area (Å²) < 4.78 is 18.3. The van der Waals surface area contributed by atoms with Crippen LogP contribution in [0.5, 0.6) is 0 Å². The predicted octanol–water partition coefficient (Wildman–Crippen LogP) is 8.40. The minimum Gasteiger partial charge on any atom is -0.489 e. The summed E-state index contributed by atoms with van der Waals surface area (Å²) in [5.74, 6) is 8.91. The maximum Gasteiger partial charge on any atom is 0.169 e. The summed E-state index contributed by atoms with van der Waals surface area (Å²) in [5.41, 5.74) is 10.5. The van der Waals surface area contributed by atoms with E-state index in [1.54, 1.807) is 18.3 Å². The Kier molecular flexibility index (Phi) is 7.90. The molecule has 4 nitrogen and oxygen atoms in total. The van der Waals surface area contributed by atoms with Gasteiger partial charge in [0.25, 0.3) is 0 Å². The molecule has 2 aromatic carbocycles. The number of aliphatic hydroxyl groups is 1. The van der Waals surface area contributed by atoms with E-state index in [1.165, 1.54) is 18.4 Å². The normalized spacial score (nSPS) is 32.8. The topological polar surface area (TPSA) is 47.9 Å². The van der Waals surface area contributed by atoms with Crippen molar-refractivity contribution < 1.29 is 19.3 Å². The standard InChI is InChI=1S/C41H48O4/c1-6-36(43-5)30-15-11-28(12-16-30)8-7-27-9-13-29(14-10-27)34-24-40(4)35(19-20-37(40)42)33-18-17-31-23-41(22-21-32(31)38(33)34)44-25-39(2,3)26-45-41/h9-16,31,33-35,37,42H,1,17-26H2,2-5H3. The smallest absolute Gasteiger partial charge is 0.169 e. The molecule has 1 saturated heterocycles. The van der Waals surface area contributed by atoms with Crippen LogP contribution in [0.15, 0.2) is 72.0 Å². The molecule has 7 rings (SSSR count). The Bertz CT molecular complexity index is 1570. The van der Waals surface area contributed by atoms with Gasteiger partial charge in [-0.25, -0.2) is 0 Å². The van der Waals surface area contributed by atoms with Crippen LogP contribution in [-0.4, -0.2) is 37.3 Å². The van der Waals surface area contributed by atoms with Crippen molar-refractivity contribution in [1.29, 1.82) is 0 Å². The maximum atomic E-state index is 11.3. The van der Waals surface area contributed by atoms with Crippen LogP contribution in [0.4, 0.5) is 0 Å². The molecule has 4 heteroatoms. The van der Waals surface area contributed by atoms with E-state index < -0.39 is 5.79 Å². The zero-order valence-corrected chi connectivity index (χ0v) is 27.5. The summed E-state index contributed by atoms with van der Waals surface area (Å²) in [4.78, 5) is 0. The molecule has 0 aromatic heterocycles. The third kappa shape index (κ3) is 5.53. The molecule has 3 saturated carbocycles. The summed E-state index contributed by atoms with van der Waals surface area (Å²) in [7, 11) is 1.63. The molecule has 1 spiro atoms. The Morgan fingerprint density at radius 1 is 0.889 bits per heavy atom. The van der Waals surface area contributed by atoms with Crippen LogP contribution in [0.1, 0.15) is 100 Å². The highest BCUT2D eigenvalue weighted by molar-refractivity contribution is 5.60. The molecular formula is C41H48O4. The fourth-order valence-electron chi connectivity index (χ4n) is 9.44. The summed E-state index contributed by atoms with van der Waals surface area (Å²) >= 11 is 0. The summed E-state index contributed by atoms with van der Waals surface area (Å²) in [6.07, 6.45) is 8.32. The number of rotatable bonds is 3. The van der Waals surface area contributed by atoms with E-state index in [1.807, 2.05) is 24.3 Å². The van der Waals surface area contributed by atoms with Crippen LogP contribution in [0.25, 0.3) is 5.76 Å². The van der Waals surface area contributed by atoms with Crippen LogP contribution >= 0.6 is 0 Å². The van der Waals surface area contributed by atoms with E-state index in [4.69, 9.17) is 14.2 Å². The van der Waals surface area contributed by atoms with Gasteiger partial charge in [-0.3, -0.25) is 0 Å². The van der Waals surface area contributed by atoms with Gasteiger partial charge in [0.2, 0.25) is 0 Å². The van der Waals surface area contributed by atoms with Crippen molar-refractivity contribution >= 4 is 5.76 Å². The minimum atomic E-state index is -0.408. The Morgan fingerprint density at radius 2 is 1.56 bits per heavy atom. The van der Waals surface area contributed by atoms with Crippen LogP contribution < -0.4 is 0 Å². The molecule has 0 bridgehead atoms. The Labute approximate surface area is 269 Å². The third-order valence-corrected chi connectivity index (χ3v) is 11.9. The van der Waals surface area contributed by atoms with E-state index in [-0.39, 0.29) is 16.9 Å². The second-order valence-corrected chi connectivity index (χ2v) is 15.3. The second kappa shape index (κ2) is 11.6. The predicted molar refractivity (Wildman–Crippen MR) is 178 cm³/mol. The molecule has 4 aliphatic carbocycles. The van der Waals surface area contributed by atoms with Crippen LogP contribution in [-0.2, 0) is 14.2 Å². The number of hydrogen-bond donors (Lipinski definition) is 1. The lowest BCUT2D eigenvalue weighted by atomic mass is 9.52. The molecule has 5 aliphatic rings. The van der Waals surface area contributed by atoms with Gasteiger partial charge in [-0.2, -0.15) is 0 Å². The first-order valence-electron chi connectivity index (χ1n) is 17.0. The van der Waals surface area contributed by atoms with E-state index in [9.17, 15) is 5.11 Å². The number of ether oxygens (including phenoxy) is 3. The van der Waals surface area contributed by atoms with Gasteiger partial charge >= 0.3 is 0 Å². The fourth-order valence-corrected chi connectivity index (χ4v) is 9.44. The van der Waals surface area contributed by atoms with Gasteiger partial charge in [0.15, 0.2) is 11.5 Å². The summed E-state index contributed by atoms with van der Waals surface area (Å²) in [6.45, 7) is 12.1. The maximum absolute atomic E-state index is 11.3. The number of benzene rings is 2. The highest BCUT2D eigenvalue weighted by Gasteiger charge is 2.57. The van der Waals surface area contributed by atoms with Crippen molar-refractivity contribution in [2.75, 3.05) is 20.3 Å². The molecule has 4 fully saturated rings. The van der Waals surface area contributed by atoms with E-state index in [0.29, 0.717) is 29.4 Å². The number of methoxy groups -OCH3 is 1. The van der Waals surface area contributed by atoms with Gasteiger partial charge in [-0.1, -0.05) is 68.2 Å². The van der Waals surface area contributed by atoms with E-state index in [0.717, 1.165) is 68.4 Å². The number of aliphatic hydroxyl groups excluding tert-OH is 1. The molecule has 6 atom stereocenters. The number of hydrogen-bond acceptors (Lipinski definition) is 4. The summed E-state index contributed by atoms with van der Waals surface area (Å²) in [5, 5.41) is 11.3. The van der Waals surface area contributed by atoms with Crippen molar-refractivity contribution in [3.05, 3.63) is 94.2 Å². The van der Waals surface area contributed by atoms with Crippen LogP contribution in [0.3, 0.4) is 0 Å². The lowest BCUT2D eigenvalue weighted by Crippen LogP contribution is -2.52. The molecule has 1 heterocycles. The van der Waals surface area contributed by atoms with Crippen molar-refractivity contribution in [3.8, 4) is 11.8 Å². The number of fused-ring (bicyclic) bond motifs is 4. The number of allylic oxidation sites excluding steroid dienone is 2. The largest absolute Gasteiger partial charge is 0.489 e. The van der Waals surface area contributed by atoms with Crippen molar-refractivity contribution in [3.63, 3.8) is 0 Å². The van der Waals surface area contributed by atoms with Crippen LogP contribution in [0.2, 0.25) is 0 Å². The van der Waals surface area contributed by atoms with Gasteiger partial charge in [0.1, 0.15) is 0 Å². The van der Waals surface area contributed by atoms with Crippen molar-refractivity contribution in [2.45, 2.75) is 89.9 Å². The zero-order chi connectivity index (χ0) is 31.4. The molecular weight excluding hydrogens is 556 g/mol. The lowest BCUT2D eigenvalue weighted by molar-refractivity contribution is -0.312. The SMILES string of the molecule is C=C=C(OC)c1ccc(C#Cc2ccc(C3CC4(C)C(O)CCC4C4CCC5CC6(CCC5=C34)OCC(C)(C)CO6)cc2)cc1. The molecule has 6 unspecified atom stereocenters. The molecule has 1 N–H and O–H groups in total. The Balaban J connectivity index is 1.17. The van der Waals surface area contributed by atoms with Gasteiger partial charge in [0.05, 0.1) is 26.4 Å². The molecule has 1 aliphatic heterocycles. The van der Waals surface area contributed by atoms with Gasteiger partial charge in [-0.05, 0) is 104 Å². The Morgan fingerprint density at radius 3 is 2.20 bits per heavy atom. The van der Waals surface area contributed by atoms with E-state index >= 15 is 0 Å². The highest BCUT2D eigenvalue weighted by Crippen LogP contribution is 2.65. The van der Waals surface area contributed by atoms with Crippen molar-refractivity contribution in [2.24, 2.45) is 28.6 Å². The van der Waals surface area contributed by atoms with Gasteiger partial charge < -0.3 is 19.3 Å². The minimum absolute atomic E-state index is 0.0304. The average molecular weight is 605 g/mol. The third-order valence-electron chi connectivity index (χ3n) is 11.9. The Hall–Kier alpha value is -3.06. The molecule has 45 heavy (non-hydrogen) atoms. The fraction of sp³-hybridized carbons (Fsp3) is 0.537. The monoisotopic (exact) mass is 604 g/mol. The first-order chi connectivity index (χ1) is 21.6. The molecule has 2 aromatic rings. The first kappa shape index (κ1) is 30.6. The van der Waals surface area contributed by atoms with Gasteiger partial charge in [-0.15, -0.1) is 0 Å². The van der Waals surface area contributed by atoms with Gasteiger partial charge in [0, 0.05) is 40.9 Å².